The van der Waals surface area contributed by atoms with Crippen molar-refractivity contribution in [2.24, 2.45) is 23.7 Å². The molecule has 0 saturated heterocycles. The second kappa shape index (κ2) is 12.2. The van der Waals surface area contributed by atoms with Crippen LogP contribution in [-0.4, -0.2) is 9.13 Å². The average Bonchev–Trinajstić information content (AvgIpc) is 3.93. The molecule has 5 aliphatic rings. The maximum Gasteiger partial charge on any atom is 0.0620 e. The molecule has 0 unspecified atom stereocenters. The lowest BCUT2D eigenvalue weighted by Gasteiger charge is -2.61. The lowest BCUT2D eigenvalue weighted by molar-refractivity contribution is -0.0399. The smallest absolute Gasteiger partial charge is 0.0620 e. The predicted molar refractivity (Wildman–Crippen MR) is 249 cm³/mol. The van der Waals surface area contributed by atoms with Crippen molar-refractivity contribution in [1.29, 1.82) is 0 Å². The second-order valence-corrected chi connectivity index (χ2v) is 18.5. The number of aromatic nitrogens is 2. The van der Waals surface area contributed by atoms with Gasteiger partial charge in [-0.05, 0) is 126 Å². The van der Waals surface area contributed by atoms with Crippen LogP contribution < -0.4 is 0 Å². The molecule has 60 heavy (non-hydrogen) atoms. The van der Waals surface area contributed by atoms with Gasteiger partial charge in [0.1, 0.15) is 0 Å². The summed E-state index contributed by atoms with van der Waals surface area (Å²) in [4.78, 5) is 0. The predicted octanol–water partition coefficient (Wildman–Crippen LogP) is 14.9. The lowest BCUT2D eigenvalue weighted by atomic mass is 9.43. The van der Waals surface area contributed by atoms with Crippen LogP contribution in [-0.2, 0) is 5.41 Å². The molecular formula is C58H44N2. The zero-order valence-electron chi connectivity index (χ0n) is 33.6. The molecule has 0 atom stereocenters. The zero-order chi connectivity index (χ0) is 39.1. The van der Waals surface area contributed by atoms with Crippen molar-refractivity contribution in [2.45, 2.75) is 37.5 Å². The molecule has 286 valence electrons. The Kier molecular flexibility index (Phi) is 6.76. The van der Waals surface area contributed by atoms with Crippen LogP contribution in [0.2, 0.25) is 0 Å². The largest absolute Gasteiger partial charge is 0.309 e. The fourth-order valence-electron chi connectivity index (χ4n) is 13.7. The molecule has 10 aromatic rings. The van der Waals surface area contributed by atoms with Gasteiger partial charge in [-0.1, -0.05) is 146 Å². The molecule has 2 heterocycles. The van der Waals surface area contributed by atoms with Crippen LogP contribution in [0.25, 0.3) is 88.4 Å². The third kappa shape index (κ3) is 4.33. The maximum atomic E-state index is 2.66. The molecular weight excluding hydrogens is 725 g/mol. The van der Waals surface area contributed by atoms with Gasteiger partial charge in [0.15, 0.2) is 0 Å². The molecule has 4 bridgehead atoms. The first-order valence-corrected chi connectivity index (χ1v) is 22.2. The van der Waals surface area contributed by atoms with Gasteiger partial charge < -0.3 is 9.13 Å². The summed E-state index contributed by atoms with van der Waals surface area (Å²) in [5, 5.41) is 5.13. The molecule has 0 amide bonds. The number of nitrogens with zero attached hydrogens (tertiary/aromatic N) is 2. The van der Waals surface area contributed by atoms with Crippen molar-refractivity contribution in [1.82, 2.24) is 9.13 Å². The molecule has 2 aromatic heterocycles. The van der Waals surface area contributed by atoms with Crippen LogP contribution in [0, 0.1) is 23.7 Å². The summed E-state index contributed by atoms with van der Waals surface area (Å²) in [5.74, 6) is 3.27. The number of benzene rings is 8. The quantitative estimate of drug-likeness (QED) is 0.169. The Balaban J connectivity index is 1.04. The normalized spacial score (nSPS) is 22.4. The van der Waals surface area contributed by atoms with E-state index < -0.39 is 0 Å². The van der Waals surface area contributed by atoms with Gasteiger partial charge in [-0.15, -0.1) is 0 Å². The van der Waals surface area contributed by atoms with Gasteiger partial charge in [0.05, 0.1) is 22.1 Å². The number of para-hydroxylation sites is 4. The Bertz CT molecular complexity index is 3370. The fourth-order valence-corrected chi connectivity index (χ4v) is 13.7. The summed E-state index contributed by atoms with van der Waals surface area (Å²) in [7, 11) is 0. The van der Waals surface area contributed by atoms with Crippen molar-refractivity contribution >= 4 is 43.6 Å². The maximum absolute atomic E-state index is 2.66. The van der Waals surface area contributed by atoms with Crippen molar-refractivity contribution in [3.63, 3.8) is 0 Å². The van der Waals surface area contributed by atoms with Crippen molar-refractivity contribution in [2.75, 3.05) is 0 Å². The molecule has 8 aromatic carbocycles. The zero-order valence-corrected chi connectivity index (χ0v) is 33.6. The Morgan fingerprint density at radius 3 is 1.52 bits per heavy atom. The van der Waals surface area contributed by atoms with Crippen molar-refractivity contribution < 1.29 is 0 Å². The van der Waals surface area contributed by atoms with Gasteiger partial charge in [0.2, 0.25) is 0 Å². The minimum Gasteiger partial charge on any atom is -0.309 e. The summed E-state index contributed by atoms with van der Waals surface area (Å²) in [6, 6.07) is 68.9. The third-order valence-corrected chi connectivity index (χ3v) is 15.7. The summed E-state index contributed by atoms with van der Waals surface area (Å²) < 4.78 is 5.13. The summed E-state index contributed by atoms with van der Waals surface area (Å²) in [5.41, 5.74) is 18.6. The van der Waals surface area contributed by atoms with E-state index in [1.165, 1.54) is 120 Å². The monoisotopic (exact) mass is 768 g/mol. The van der Waals surface area contributed by atoms with E-state index in [-0.39, 0.29) is 5.41 Å². The second-order valence-electron chi connectivity index (χ2n) is 18.5. The first-order valence-electron chi connectivity index (χ1n) is 22.2. The molecule has 5 aliphatic carbocycles. The van der Waals surface area contributed by atoms with E-state index in [4.69, 9.17) is 0 Å². The van der Waals surface area contributed by atoms with Crippen molar-refractivity contribution in [3.8, 4) is 44.8 Å². The average molecular weight is 769 g/mol. The first-order chi connectivity index (χ1) is 29.7. The highest BCUT2D eigenvalue weighted by Crippen LogP contribution is 2.69. The Hall–Kier alpha value is -6.64. The number of rotatable bonds is 4. The highest BCUT2D eigenvalue weighted by atomic mass is 15.0. The van der Waals surface area contributed by atoms with Crippen LogP contribution in [0.3, 0.4) is 0 Å². The molecule has 2 nitrogen and oxygen atoms in total. The minimum absolute atomic E-state index is 0.109. The standard InChI is InChI=1S/C58H44N2/c1-2-13-38(14-3-1)39-15-10-16-42(34-39)59-54-25-8-5-18-46(54)48-20-11-22-50(56(48)59)51-23-12-21-49-47-19-6-9-26-55(47)60(57(49)51)43-27-28-45-44-17-4-7-24-52(44)58(53(45)35-43)40-30-36-29-37(32-40)33-41(58)31-36/h1-28,34-37,40-41H,29-33H2. The summed E-state index contributed by atoms with van der Waals surface area (Å²) in [6.45, 7) is 0. The van der Waals surface area contributed by atoms with Crippen LogP contribution in [0.1, 0.15) is 43.2 Å². The summed E-state index contributed by atoms with van der Waals surface area (Å²) >= 11 is 0. The van der Waals surface area contributed by atoms with Gasteiger partial charge in [-0.2, -0.15) is 0 Å². The SMILES string of the molecule is c1ccc(-c2cccc(-n3c4ccccc4c4cccc(-c5cccc6c7ccccc7n(-c7ccc8c(c7)C7(c9ccccc9-8)C8CC9CC(C8)CC7C9)c56)c43)c2)cc1. The van der Waals surface area contributed by atoms with Gasteiger partial charge in [-0.3, -0.25) is 0 Å². The molecule has 2 heteroatoms. The van der Waals surface area contributed by atoms with E-state index in [0.29, 0.717) is 0 Å². The molecule has 0 N–H and O–H groups in total. The fraction of sp³-hybridized carbons (Fsp3) is 0.172. The van der Waals surface area contributed by atoms with E-state index in [9.17, 15) is 0 Å². The number of hydrogen-bond acceptors (Lipinski definition) is 0. The third-order valence-electron chi connectivity index (χ3n) is 15.7. The van der Waals surface area contributed by atoms with Gasteiger partial charge in [0.25, 0.3) is 0 Å². The first kappa shape index (κ1) is 33.2. The lowest BCUT2D eigenvalue weighted by Crippen LogP contribution is -2.55. The van der Waals surface area contributed by atoms with E-state index in [0.717, 1.165) is 23.7 Å². The highest BCUT2D eigenvalue weighted by molar-refractivity contribution is 6.19. The number of hydrogen-bond donors (Lipinski definition) is 0. The molecule has 4 saturated carbocycles. The molecule has 4 fully saturated rings. The molecule has 15 rings (SSSR count). The summed E-state index contributed by atoms with van der Waals surface area (Å²) in [6.07, 6.45) is 7.01. The van der Waals surface area contributed by atoms with Gasteiger partial charge in [0, 0.05) is 49.5 Å². The van der Waals surface area contributed by atoms with Crippen molar-refractivity contribution in [3.05, 3.63) is 193 Å². The molecule has 0 aliphatic heterocycles. The molecule has 0 radical (unpaired) electrons. The Morgan fingerprint density at radius 2 is 0.850 bits per heavy atom. The van der Waals surface area contributed by atoms with Gasteiger partial charge >= 0.3 is 0 Å². The molecule has 1 spiro atoms. The Morgan fingerprint density at radius 1 is 0.350 bits per heavy atom. The van der Waals surface area contributed by atoms with Crippen LogP contribution in [0.4, 0.5) is 0 Å². The van der Waals surface area contributed by atoms with E-state index >= 15 is 0 Å². The number of fused-ring (bicyclic) bond motifs is 9. The van der Waals surface area contributed by atoms with E-state index in [1.807, 2.05) is 0 Å². The van der Waals surface area contributed by atoms with Gasteiger partial charge in [-0.25, -0.2) is 0 Å². The van der Waals surface area contributed by atoms with Crippen LogP contribution >= 0.6 is 0 Å². The minimum atomic E-state index is 0.109. The van der Waals surface area contributed by atoms with E-state index in [1.54, 1.807) is 11.1 Å². The Labute approximate surface area is 350 Å². The van der Waals surface area contributed by atoms with Crippen LogP contribution in [0.15, 0.2) is 182 Å². The van der Waals surface area contributed by atoms with Crippen LogP contribution in [0.5, 0.6) is 0 Å². The van der Waals surface area contributed by atoms with E-state index in [2.05, 4.69) is 191 Å². The highest BCUT2D eigenvalue weighted by Gasteiger charge is 2.61. The topological polar surface area (TPSA) is 9.86 Å².